The van der Waals surface area contributed by atoms with E-state index in [1.165, 1.54) is 4.90 Å². The highest BCUT2D eigenvalue weighted by molar-refractivity contribution is 6.06. The van der Waals surface area contributed by atoms with Gasteiger partial charge < -0.3 is 14.8 Å². The predicted molar refractivity (Wildman–Crippen MR) is 94.9 cm³/mol. The number of urea groups is 1. The lowest BCUT2D eigenvalue weighted by atomic mass is 9.92. The molecule has 0 spiro atoms. The highest BCUT2D eigenvalue weighted by Crippen LogP contribution is 2.34. The average Bonchev–Trinajstić information content (AvgIpc) is 3.15. The summed E-state index contributed by atoms with van der Waals surface area (Å²) in [5.74, 6) is 1.14. The quantitative estimate of drug-likeness (QED) is 0.859. The molecular formula is C20H20N2O4. The Morgan fingerprint density at radius 3 is 2.69 bits per heavy atom. The number of hydrogen-bond donors (Lipinski definition) is 1. The van der Waals surface area contributed by atoms with Crippen LogP contribution in [0.1, 0.15) is 23.6 Å². The van der Waals surface area contributed by atoms with Gasteiger partial charge in [-0.25, -0.2) is 4.79 Å². The lowest BCUT2D eigenvalue weighted by molar-refractivity contribution is -0.131. The summed E-state index contributed by atoms with van der Waals surface area (Å²) >= 11 is 0. The second-order valence-corrected chi connectivity index (χ2v) is 6.94. The van der Waals surface area contributed by atoms with E-state index >= 15 is 0 Å². The molecule has 26 heavy (non-hydrogen) atoms. The summed E-state index contributed by atoms with van der Waals surface area (Å²) in [6.07, 6.45) is 0.387. The molecular weight excluding hydrogens is 332 g/mol. The Balaban J connectivity index is 1.54. The minimum atomic E-state index is -0.979. The molecule has 6 heteroatoms. The number of aryl methyl sites for hydroxylation is 1. The first kappa shape index (κ1) is 16.4. The van der Waals surface area contributed by atoms with E-state index in [1.807, 2.05) is 49.4 Å². The number of amides is 3. The topological polar surface area (TPSA) is 67.9 Å². The Morgan fingerprint density at radius 1 is 1.12 bits per heavy atom. The van der Waals surface area contributed by atoms with Crippen LogP contribution in [0.4, 0.5) is 4.79 Å². The first-order chi connectivity index (χ1) is 12.5. The van der Waals surface area contributed by atoms with E-state index in [2.05, 4.69) is 5.32 Å². The third-order valence-corrected chi connectivity index (χ3v) is 4.93. The molecule has 4 rings (SSSR count). The molecule has 3 amide bonds. The molecule has 1 atom stereocenters. The van der Waals surface area contributed by atoms with Gasteiger partial charge in [-0.05, 0) is 42.7 Å². The molecule has 2 aromatic rings. The van der Waals surface area contributed by atoms with Crippen LogP contribution in [0, 0.1) is 6.92 Å². The van der Waals surface area contributed by atoms with Gasteiger partial charge in [-0.2, -0.15) is 0 Å². The van der Waals surface area contributed by atoms with Gasteiger partial charge in [0, 0.05) is 6.42 Å². The molecule has 2 aromatic carbocycles. The minimum Gasteiger partial charge on any atom is -0.454 e. The zero-order chi connectivity index (χ0) is 18.3. The number of fused-ring (bicyclic) bond motifs is 1. The van der Waals surface area contributed by atoms with E-state index in [-0.39, 0.29) is 25.3 Å². The standard InChI is InChI=1S/C20H20N2O4/c1-13-5-3-4-6-15(13)11-22-18(23)20(2,21-19(22)24)10-14-7-8-16-17(9-14)26-12-25-16/h3-9H,10-12H2,1-2H3,(H,21,24). The molecule has 6 nitrogen and oxygen atoms in total. The van der Waals surface area contributed by atoms with Gasteiger partial charge in [0.05, 0.1) is 6.54 Å². The maximum Gasteiger partial charge on any atom is 0.325 e. The average molecular weight is 352 g/mol. The fraction of sp³-hybridized carbons (Fsp3) is 0.300. The van der Waals surface area contributed by atoms with Crippen molar-refractivity contribution in [1.82, 2.24) is 10.2 Å². The van der Waals surface area contributed by atoms with Crippen molar-refractivity contribution in [1.29, 1.82) is 0 Å². The monoisotopic (exact) mass is 352 g/mol. The number of rotatable bonds is 4. The van der Waals surface area contributed by atoms with E-state index in [9.17, 15) is 9.59 Å². The molecule has 1 unspecified atom stereocenters. The number of ether oxygens (including phenoxy) is 2. The van der Waals surface area contributed by atoms with Gasteiger partial charge in [0.1, 0.15) is 5.54 Å². The van der Waals surface area contributed by atoms with E-state index in [1.54, 1.807) is 6.92 Å². The molecule has 0 radical (unpaired) electrons. The molecule has 1 N–H and O–H groups in total. The molecule has 2 aliphatic heterocycles. The van der Waals surface area contributed by atoms with Crippen LogP contribution in [0.3, 0.4) is 0 Å². The Morgan fingerprint density at radius 2 is 1.88 bits per heavy atom. The normalized spacial score (nSPS) is 21.2. The van der Waals surface area contributed by atoms with Crippen LogP contribution in [-0.4, -0.2) is 29.2 Å². The number of carbonyl (C=O) groups is 2. The first-order valence-electron chi connectivity index (χ1n) is 8.53. The summed E-state index contributed by atoms with van der Waals surface area (Å²) in [5.41, 5.74) is 1.94. The van der Waals surface area contributed by atoms with Crippen molar-refractivity contribution in [2.24, 2.45) is 0 Å². The van der Waals surface area contributed by atoms with Gasteiger partial charge in [-0.15, -0.1) is 0 Å². The summed E-state index contributed by atoms with van der Waals surface area (Å²) in [6, 6.07) is 13.0. The number of hydrogen-bond acceptors (Lipinski definition) is 4. The maximum absolute atomic E-state index is 13.0. The highest BCUT2D eigenvalue weighted by atomic mass is 16.7. The number of nitrogens with one attached hydrogen (secondary N) is 1. The van der Waals surface area contributed by atoms with Gasteiger partial charge >= 0.3 is 6.03 Å². The first-order valence-corrected chi connectivity index (χ1v) is 8.53. The fourth-order valence-electron chi connectivity index (χ4n) is 3.43. The highest BCUT2D eigenvalue weighted by Gasteiger charge is 2.47. The minimum absolute atomic E-state index is 0.204. The fourth-order valence-corrected chi connectivity index (χ4v) is 3.43. The zero-order valence-corrected chi connectivity index (χ0v) is 14.7. The zero-order valence-electron chi connectivity index (χ0n) is 14.7. The van der Waals surface area contributed by atoms with Crippen molar-refractivity contribution >= 4 is 11.9 Å². The Hall–Kier alpha value is -3.02. The summed E-state index contributed by atoms with van der Waals surface area (Å²) in [6.45, 7) is 4.21. The summed E-state index contributed by atoms with van der Waals surface area (Å²) in [4.78, 5) is 26.7. The van der Waals surface area contributed by atoms with Crippen LogP contribution in [0.25, 0.3) is 0 Å². The second kappa shape index (κ2) is 6.05. The molecule has 0 saturated carbocycles. The van der Waals surface area contributed by atoms with E-state index in [4.69, 9.17) is 9.47 Å². The van der Waals surface area contributed by atoms with Crippen molar-refractivity contribution in [2.75, 3.05) is 6.79 Å². The van der Waals surface area contributed by atoms with Crippen LogP contribution in [0.5, 0.6) is 11.5 Å². The van der Waals surface area contributed by atoms with Gasteiger partial charge in [0.2, 0.25) is 6.79 Å². The van der Waals surface area contributed by atoms with Gasteiger partial charge in [-0.3, -0.25) is 9.69 Å². The SMILES string of the molecule is Cc1ccccc1CN1C(=O)NC(C)(Cc2ccc3c(c2)OCO3)C1=O. The van der Waals surface area contributed by atoms with Crippen LogP contribution >= 0.6 is 0 Å². The van der Waals surface area contributed by atoms with Gasteiger partial charge in [0.15, 0.2) is 11.5 Å². The molecule has 1 fully saturated rings. The number of carbonyl (C=O) groups excluding carboxylic acids is 2. The molecule has 2 aliphatic rings. The van der Waals surface area contributed by atoms with Crippen molar-refractivity contribution in [3.63, 3.8) is 0 Å². The van der Waals surface area contributed by atoms with Crippen LogP contribution in [0.2, 0.25) is 0 Å². The third kappa shape index (κ3) is 2.77. The van der Waals surface area contributed by atoms with Crippen LogP contribution in [-0.2, 0) is 17.8 Å². The number of nitrogens with zero attached hydrogens (tertiary/aromatic N) is 1. The Labute approximate surface area is 151 Å². The van der Waals surface area contributed by atoms with Crippen molar-refractivity contribution in [2.45, 2.75) is 32.4 Å². The summed E-state index contributed by atoms with van der Waals surface area (Å²) < 4.78 is 10.7. The summed E-state index contributed by atoms with van der Waals surface area (Å²) in [5, 5.41) is 2.85. The van der Waals surface area contributed by atoms with Crippen molar-refractivity contribution < 1.29 is 19.1 Å². The molecule has 2 heterocycles. The van der Waals surface area contributed by atoms with E-state index < -0.39 is 5.54 Å². The third-order valence-electron chi connectivity index (χ3n) is 4.93. The van der Waals surface area contributed by atoms with Crippen LogP contribution in [0.15, 0.2) is 42.5 Å². The molecule has 0 aromatic heterocycles. The molecule has 1 saturated heterocycles. The predicted octanol–water partition coefficient (Wildman–Crippen LogP) is 2.78. The smallest absolute Gasteiger partial charge is 0.325 e. The van der Waals surface area contributed by atoms with Gasteiger partial charge in [0.25, 0.3) is 5.91 Å². The lowest BCUT2D eigenvalue weighted by Gasteiger charge is -2.22. The largest absolute Gasteiger partial charge is 0.454 e. The molecule has 0 bridgehead atoms. The molecule has 0 aliphatic carbocycles. The number of benzene rings is 2. The van der Waals surface area contributed by atoms with E-state index in [0.29, 0.717) is 17.9 Å². The molecule has 134 valence electrons. The van der Waals surface area contributed by atoms with Crippen molar-refractivity contribution in [3.05, 3.63) is 59.2 Å². The Bertz CT molecular complexity index is 895. The summed E-state index contributed by atoms with van der Waals surface area (Å²) in [7, 11) is 0. The van der Waals surface area contributed by atoms with Crippen LogP contribution < -0.4 is 14.8 Å². The van der Waals surface area contributed by atoms with Crippen molar-refractivity contribution in [3.8, 4) is 11.5 Å². The van der Waals surface area contributed by atoms with Gasteiger partial charge in [-0.1, -0.05) is 30.3 Å². The maximum atomic E-state index is 13.0. The lowest BCUT2D eigenvalue weighted by Crippen LogP contribution is -2.45. The second-order valence-electron chi connectivity index (χ2n) is 6.94. The Kier molecular flexibility index (Phi) is 3.83. The van der Waals surface area contributed by atoms with E-state index in [0.717, 1.165) is 16.7 Å². The number of imide groups is 1.